The van der Waals surface area contributed by atoms with Gasteiger partial charge in [0.2, 0.25) is 5.89 Å². The Balaban J connectivity index is 1.51. The van der Waals surface area contributed by atoms with Crippen LogP contribution in [0.15, 0.2) is 4.52 Å². The first-order chi connectivity index (χ1) is 10.8. The number of rotatable bonds is 5. The zero-order valence-corrected chi connectivity index (χ0v) is 14.1. The number of likely N-dealkylation sites (tertiary alicyclic amines) is 2. The second-order valence-corrected chi connectivity index (χ2v) is 6.84. The molecule has 0 bridgehead atoms. The molecular weight excluding hydrogens is 276 g/mol. The van der Waals surface area contributed by atoms with Crippen molar-refractivity contribution in [1.29, 1.82) is 0 Å². The van der Waals surface area contributed by atoms with Crippen molar-refractivity contribution in [1.82, 2.24) is 19.9 Å². The average Bonchev–Trinajstić information content (AvgIpc) is 3.04. The molecule has 1 aromatic rings. The van der Waals surface area contributed by atoms with Crippen LogP contribution in [0.4, 0.5) is 0 Å². The molecule has 2 aliphatic rings. The summed E-state index contributed by atoms with van der Waals surface area (Å²) in [6, 6.07) is 1.04. The van der Waals surface area contributed by atoms with Crippen molar-refractivity contribution in [2.45, 2.75) is 70.9 Å². The van der Waals surface area contributed by atoms with Crippen molar-refractivity contribution in [3.8, 4) is 0 Å². The third-order valence-electron chi connectivity index (χ3n) is 5.27. The first-order valence-corrected chi connectivity index (χ1v) is 9.08. The Labute approximate surface area is 134 Å². The largest absolute Gasteiger partial charge is 0.338 e. The van der Waals surface area contributed by atoms with E-state index < -0.39 is 0 Å². The third kappa shape index (κ3) is 3.69. The van der Waals surface area contributed by atoms with Crippen LogP contribution in [0.25, 0.3) is 0 Å². The lowest BCUT2D eigenvalue weighted by atomic mass is 9.99. The van der Waals surface area contributed by atoms with Crippen molar-refractivity contribution in [2.75, 3.05) is 26.2 Å². The van der Waals surface area contributed by atoms with E-state index in [0.29, 0.717) is 0 Å². The van der Waals surface area contributed by atoms with Gasteiger partial charge in [-0.2, -0.15) is 4.98 Å². The van der Waals surface area contributed by atoms with Crippen molar-refractivity contribution >= 4 is 0 Å². The summed E-state index contributed by atoms with van der Waals surface area (Å²) in [6.45, 7) is 9.26. The van der Waals surface area contributed by atoms with E-state index in [0.717, 1.165) is 43.7 Å². The minimum atomic E-state index is 0.250. The highest BCUT2D eigenvalue weighted by Gasteiger charge is 2.29. The number of aromatic nitrogens is 2. The van der Waals surface area contributed by atoms with Crippen LogP contribution in [-0.4, -0.2) is 52.2 Å². The summed E-state index contributed by atoms with van der Waals surface area (Å²) in [5.74, 6) is 1.65. The van der Waals surface area contributed by atoms with Crippen molar-refractivity contribution in [3.63, 3.8) is 0 Å². The van der Waals surface area contributed by atoms with Gasteiger partial charge in [-0.25, -0.2) is 0 Å². The molecule has 0 aliphatic carbocycles. The Bertz CT molecular complexity index is 447. The molecule has 0 amide bonds. The molecule has 1 unspecified atom stereocenters. The van der Waals surface area contributed by atoms with Gasteiger partial charge in [-0.15, -0.1) is 0 Å². The Morgan fingerprint density at radius 2 is 1.86 bits per heavy atom. The van der Waals surface area contributed by atoms with Crippen LogP contribution in [0, 0.1) is 0 Å². The van der Waals surface area contributed by atoms with Crippen LogP contribution in [0.3, 0.4) is 0 Å². The molecule has 1 atom stereocenters. The maximum absolute atomic E-state index is 5.46. The fraction of sp³-hybridized carbons (Fsp3) is 0.882. The summed E-state index contributed by atoms with van der Waals surface area (Å²) < 4.78 is 5.46. The van der Waals surface area contributed by atoms with E-state index in [9.17, 15) is 0 Å². The summed E-state index contributed by atoms with van der Waals surface area (Å²) in [5, 5.41) is 4.09. The Morgan fingerprint density at radius 1 is 1.14 bits per heavy atom. The van der Waals surface area contributed by atoms with Gasteiger partial charge < -0.3 is 9.42 Å². The maximum atomic E-state index is 5.46. The van der Waals surface area contributed by atoms with Crippen LogP contribution in [-0.2, 0) is 6.42 Å². The summed E-state index contributed by atoms with van der Waals surface area (Å²) in [4.78, 5) is 9.78. The van der Waals surface area contributed by atoms with Gasteiger partial charge in [-0.05, 0) is 52.1 Å². The number of hydrogen-bond acceptors (Lipinski definition) is 5. The first-order valence-electron chi connectivity index (χ1n) is 9.08. The first kappa shape index (κ1) is 15.9. The molecule has 0 saturated carbocycles. The molecule has 0 spiro atoms. The molecule has 0 N–H and O–H groups in total. The van der Waals surface area contributed by atoms with Gasteiger partial charge in [0.25, 0.3) is 0 Å². The molecule has 5 heteroatoms. The number of nitrogens with zero attached hydrogens (tertiary/aromatic N) is 4. The van der Waals surface area contributed by atoms with Gasteiger partial charge in [0.15, 0.2) is 5.82 Å². The van der Waals surface area contributed by atoms with E-state index >= 15 is 0 Å². The summed E-state index contributed by atoms with van der Waals surface area (Å²) in [6.07, 6.45) is 8.73. The van der Waals surface area contributed by atoms with Crippen LogP contribution >= 0.6 is 0 Å². The zero-order valence-electron chi connectivity index (χ0n) is 14.1. The van der Waals surface area contributed by atoms with Gasteiger partial charge in [0, 0.05) is 25.6 Å². The molecule has 124 valence electrons. The maximum Gasteiger partial charge on any atom is 0.243 e. The minimum Gasteiger partial charge on any atom is -0.338 e. The second-order valence-electron chi connectivity index (χ2n) is 6.84. The Kier molecular flexibility index (Phi) is 5.47. The van der Waals surface area contributed by atoms with Gasteiger partial charge in [0.1, 0.15) is 0 Å². The lowest BCUT2D eigenvalue weighted by Crippen LogP contribution is -2.47. The van der Waals surface area contributed by atoms with E-state index in [4.69, 9.17) is 4.52 Å². The summed E-state index contributed by atoms with van der Waals surface area (Å²) in [5.41, 5.74) is 0. The molecule has 22 heavy (non-hydrogen) atoms. The predicted molar refractivity (Wildman–Crippen MR) is 86.7 cm³/mol. The topological polar surface area (TPSA) is 45.4 Å². The summed E-state index contributed by atoms with van der Waals surface area (Å²) in [7, 11) is 0. The smallest absolute Gasteiger partial charge is 0.243 e. The minimum absolute atomic E-state index is 0.250. The lowest BCUT2D eigenvalue weighted by molar-refractivity contribution is 0.0677. The van der Waals surface area contributed by atoms with Crippen molar-refractivity contribution in [3.05, 3.63) is 11.7 Å². The Hall–Kier alpha value is -0.940. The van der Waals surface area contributed by atoms with Crippen molar-refractivity contribution in [2.24, 2.45) is 0 Å². The normalized spacial score (nSPS) is 23.7. The molecule has 3 heterocycles. The third-order valence-corrected chi connectivity index (χ3v) is 5.27. The molecule has 0 radical (unpaired) electrons. The molecule has 3 rings (SSSR count). The van der Waals surface area contributed by atoms with E-state index in [1.165, 1.54) is 45.2 Å². The number of hydrogen-bond donors (Lipinski definition) is 0. The number of piperidine rings is 2. The van der Waals surface area contributed by atoms with Gasteiger partial charge in [-0.3, -0.25) is 4.90 Å². The highest BCUT2D eigenvalue weighted by molar-refractivity contribution is 4.94. The van der Waals surface area contributed by atoms with Crippen LogP contribution in [0.2, 0.25) is 0 Å². The van der Waals surface area contributed by atoms with E-state index in [1.54, 1.807) is 0 Å². The molecule has 2 aliphatic heterocycles. The fourth-order valence-electron chi connectivity index (χ4n) is 3.84. The van der Waals surface area contributed by atoms with Gasteiger partial charge in [0.05, 0.1) is 6.04 Å². The fourth-order valence-corrected chi connectivity index (χ4v) is 3.84. The van der Waals surface area contributed by atoms with E-state index in [1.807, 2.05) is 0 Å². The molecule has 2 saturated heterocycles. The molecule has 1 aromatic heterocycles. The van der Waals surface area contributed by atoms with Gasteiger partial charge in [-0.1, -0.05) is 18.5 Å². The molecular formula is C17H30N4O. The highest BCUT2D eigenvalue weighted by atomic mass is 16.5. The predicted octanol–water partition coefficient (Wildman–Crippen LogP) is 3.03. The molecule has 5 nitrogen and oxygen atoms in total. The van der Waals surface area contributed by atoms with Crippen LogP contribution in [0.1, 0.15) is 70.1 Å². The van der Waals surface area contributed by atoms with E-state index in [2.05, 4.69) is 33.8 Å². The highest BCUT2D eigenvalue weighted by Crippen LogP contribution is 2.26. The Morgan fingerprint density at radius 3 is 2.55 bits per heavy atom. The number of aryl methyl sites for hydroxylation is 1. The summed E-state index contributed by atoms with van der Waals surface area (Å²) >= 11 is 0. The second kappa shape index (κ2) is 7.55. The molecule has 2 fully saturated rings. The van der Waals surface area contributed by atoms with Gasteiger partial charge >= 0.3 is 0 Å². The van der Waals surface area contributed by atoms with E-state index in [-0.39, 0.29) is 6.04 Å². The average molecular weight is 306 g/mol. The van der Waals surface area contributed by atoms with Crippen LogP contribution < -0.4 is 0 Å². The zero-order chi connectivity index (χ0) is 15.4. The quantitative estimate of drug-likeness (QED) is 0.836. The standard InChI is InChI=1S/C17H30N4O/c1-3-7-16-18-17(22-19-16)14(2)20-12-8-15(9-13-20)21-10-5-4-6-11-21/h14-15H,3-13H2,1-2H3. The SMILES string of the molecule is CCCc1noc(C(C)N2CCC(N3CCCCC3)CC2)n1. The monoisotopic (exact) mass is 306 g/mol. The van der Waals surface area contributed by atoms with Crippen molar-refractivity contribution < 1.29 is 4.52 Å². The van der Waals surface area contributed by atoms with Crippen LogP contribution in [0.5, 0.6) is 0 Å². The lowest BCUT2D eigenvalue weighted by Gasteiger charge is -2.41. The molecule has 0 aromatic carbocycles.